The summed E-state index contributed by atoms with van der Waals surface area (Å²) in [6.07, 6.45) is -0.646. The molecular weight excluding hydrogens is 156 g/mol. The minimum atomic E-state index is -0.736. The van der Waals surface area contributed by atoms with Crippen LogP contribution < -0.4 is 0 Å². The van der Waals surface area contributed by atoms with Crippen molar-refractivity contribution in [2.24, 2.45) is 0 Å². The summed E-state index contributed by atoms with van der Waals surface area (Å²) in [7, 11) is 0. The van der Waals surface area contributed by atoms with Gasteiger partial charge in [-0.25, -0.2) is 0 Å². The largest absolute Gasteiger partial charge is 0.507 e. The summed E-state index contributed by atoms with van der Waals surface area (Å²) in [5.41, 5.74) is 0.824. The zero-order chi connectivity index (χ0) is 8.72. The van der Waals surface area contributed by atoms with Gasteiger partial charge in [0.1, 0.15) is 5.75 Å². The molecule has 2 N–H and O–H groups in total. The molecule has 1 aromatic carbocycles. The van der Waals surface area contributed by atoms with Crippen molar-refractivity contribution in [1.82, 2.24) is 0 Å². The van der Waals surface area contributed by atoms with Crippen molar-refractivity contribution in [3.05, 3.63) is 29.3 Å². The Kier molecular flexibility index (Phi) is 1.41. The Hall–Kier alpha value is -1.35. The summed E-state index contributed by atoms with van der Waals surface area (Å²) in [6, 6.07) is 4.73. The first kappa shape index (κ1) is 7.31. The smallest absolute Gasteiger partial charge is 0.169 e. The highest BCUT2D eigenvalue weighted by Gasteiger charge is 2.29. The first-order chi connectivity index (χ1) is 5.70. The Balaban J connectivity index is 2.67. The molecule has 0 saturated heterocycles. The Morgan fingerprint density at radius 1 is 1.42 bits per heavy atom. The Bertz CT molecular complexity index is 344. The summed E-state index contributed by atoms with van der Waals surface area (Å²) < 4.78 is 0. The maximum Gasteiger partial charge on any atom is 0.169 e. The Morgan fingerprint density at radius 3 is 2.83 bits per heavy atom. The van der Waals surface area contributed by atoms with E-state index in [1.165, 1.54) is 6.07 Å². The molecule has 1 atom stereocenters. The van der Waals surface area contributed by atoms with E-state index < -0.39 is 6.10 Å². The molecule has 0 aromatic heterocycles. The van der Waals surface area contributed by atoms with Crippen molar-refractivity contribution < 1.29 is 15.0 Å². The second-order valence-electron chi connectivity index (χ2n) is 2.88. The number of carbonyl (C=O) groups is 1. The van der Waals surface area contributed by atoms with Gasteiger partial charge >= 0.3 is 0 Å². The average Bonchev–Trinajstić information content (AvgIpc) is 2.29. The van der Waals surface area contributed by atoms with Crippen LogP contribution in [0.15, 0.2) is 18.2 Å². The van der Waals surface area contributed by atoms with E-state index in [1.807, 2.05) is 0 Å². The van der Waals surface area contributed by atoms with Crippen LogP contribution in [0.2, 0.25) is 0 Å². The third-order valence-corrected chi connectivity index (χ3v) is 2.09. The van der Waals surface area contributed by atoms with Gasteiger partial charge in [-0.05, 0) is 11.6 Å². The lowest BCUT2D eigenvalue weighted by atomic mass is 10.1. The first-order valence-corrected chi connectivity index (χ1v) is 3.73. The van der Waals surface area contributed by atoms with Crippen LogP contribution in [0.25, 0.3) is 0 Å². The fourth-order valence-corrected chi connectivity index (χ4v) is 1.53. The molecule has 12 heavy (non-hydrogen) atoms. The first-order valence-electron chi connectivity index (χ1n) is 3.73. The SMILES string of the molecule is O=C1C[C@H](O)c2cccc(O)c21. The molecule has 0 bridgehead atoms. The molecule has 1 aliphatic rings. The Morgan fingerprint density at radius 2 is 2.17 bits per heavy atom. The lowest BCUT2D eigenvalue weighted by Gasteiger charge is -2.01. The van der Waals surface area contributed by atoms with E-state index in [1.54, 1.807) is 12.1 Å². The second kappa shape index (κ2) is 2.32. The van der Waals surface area contributed by atoms with Crippen LogP contribution in [0.3, 0.4) is 0 Å². The van der Waals surface area contributed by atoms with Crippen molar-refractivity contribution in [2.45, 2.75) is 12.5 Å². The van der Waals surface area contributed by atoms with Crippen LogP contribution in [0.1, 0.15) is 28.4 Å². The normalized spacial score (nSPS) is 21.1. The highest BCUT2D eigenvalue weighted by atomic mass is 16.3. The summed E-state index contributed by atoms with van der Waals surface area (Å²) in [6.45, 7) is 0. The van der Waals surface area contributed by atoms with E-state index in [0.29, 0.717) is 5.56 Å². The molecule has 0 spiro atoms. The van der Waals surface area contributed by atoms with Crippen molar-refractivity contribution >= 4 is 5.78 Å². The van der Waals surface area contributed by atoms with Gasteiger partial charge in [0, 0.05) is 6.42 Å². The standard InChI is InChI=1S/C9H8O3/c10-6-3-1-2-5-7(11)4-8(12)9(5)6/h1-3,7,10-11H,4H2/t7-/m0/s1. The van der Waals surface area contributed by atoms with Crippen LogP contribution in [-0.2, 0) is 0 Å². The molecule has 3 nitrogen and oxygen atoms in total. The van der Waals surface area contributed by atoms with Crippen LogP contribution in [0, 0.1) is 0 Å². The topological polar surface area (TPSA) is 57.5 Å². The molecule has 0 fully saturated rings. The molecule has 0 amide bonds. The number of rotatable bonds is 0. The summed E-state index contributed by atoms with van der Waals surface area (Å²) in [5, 5.41) is 18.6. The minimum absolute atomic E-state index is 0.0333. The molecule has 0 heterocycles. The van der Waals surface area contributed by atoms with Gasteiger partial charge < -0.3 is 10.2 Å². The van der Waals surface area contributed by atoms with Gasteiger partial charge in [-0.3, -0.25) is 4.79 Å². The average molecular weight is 164 g/mol. The van der Waals surface area contributed by atoms with E-state index >= 15 is 0 Å². The predicted octanol–water partition coefficient (Wildman–Crippen LogP) is 1.01. The van der Waals surface area contributed by atoms with Gasteiger partial charge in [-0.1, -0.05) is 12.1 Å². The number of hydrogen-bond donors (Lipinski definition) is 2. The third kappa shape index (κ3) is 0.833. The lowest BCUT2D eigenvalue weighted by molar-refractivity contribution is 0.0928. The molecule has 1 aliphatic carbocycles. The fraction of sp³-hybridized carbons (Fsp3) is 0.222. The minimum Gasteiger partial charge on any atom is -0.507 e. The number of hydrogen-bond acceptors (Lipinski definition) is 3. The number of aromatic hydroxyl groups is 1. The van der Waals surface area contributed by atoms with Gasteiger partial charge in [0.15, 0.2) is 5.78 Å². The maximum absolute atomic E-state index is 11.2. The highest BCUT2D eigenvalue weighted by molar-refractivity contribution is 6.03. The number of aliphatic hydroxyl groups excluding tert-OH is 1. The van der Waals surface area contributed by atoms with Gasteiger partial charge in [0.2, 0.25) is 0 Å². The molecular formula is C9H8O3. The Labute approximate surface area is 69.3 Å². The molecule has 0 unspecified atom stereocenters. The summed E-state index contributed by atoms with van der Waals surface area (Å²) >= 11 is 0. The van der Waals surface area contributed by atoms with E-state index in [2.05, 4.69) is 0 Å². The predicted molar refractivity (Wildman–Crippen MR) is 42.0 cm³/mol. The molecule has 2 rings (SSSR count). The summed E-state index contributed by atoms with van der Waals surface area (Å²) in [4.78, 5) is 11.2. The van der Waals surface area contributed by atoms with Crippen LogP contribution in [0.4, 0.5) is 0 Å². The van der Waals surface area contributed by atoms with Crippen molar-refractivity contribution in [2.75, 3.05) is 0 Å². The van der Waals surface area contributed by atoms with Crippen molar-refractivity contribution in [3.8, 4) is 5.75 Å². The van der Waals surface area contributed by atoms with E-state index in [9.17, 15) is 15.0 Å². The summed E-state index contributed by atoms with van der Waals surface area (Å²) in [5.74, 6) is -0.218. The lowest BCUT2D eigenvalue weighted by Crippen LogP contribution is -1.91. The zero-order valence-corrected chi connectivity index (χ0v) is 6.32. The van der Waals surface area contributed by atoms with Crippen molar-refractivity contribution in [1.29, 1.82) is 0 Å². The number of ketones is 1. The van der Waals surface area contributed by atoms with Gasteiger partial charge in [-0.2, -0.15) is 0 Å². The number of phenolic OH excluding ortho intramolecular Hbond substituents is 1. The van der Waals surface area contributed by atoms with E-state index in [0.717, 1.165) is 0 Å². The number of carbonyl (C=O) groups excluding carboxylic acids is 1. The molecule has 0 aliphatic heterocycles. The molecule has 3 heteroatoms. The number of fused-ring (bicyclic) bond motifs is 1. The number of benzene rings is 1. The van der Waals surface area contributed by atoms with Crippen LogP contribution in [-0.4, -0.2) is 16.0 Å². The molecule has 0 saturated carbocycles. The number of phenols is 1. The molecule has 62 valence electrons. The number of aliphatic hydroxyl groups is 1. The van der Waals surface area contributed by atoms with Crippen LogP contribution >= 0.6 is 0 Å². The van der Waals surface area contributed by atoms with Gasteiger partial charge in [-0.15, -0.1) is 0 Å². The molecule has 1 aromatic rings. The third-order valence-electron chi connectivity index (χ3n) is 2.09. The van der Waals surface area contributed by atoms with Crippen molar-refractivity contribution in [3.63, 3.8) is 0 Å². The quantitative estimate of drug-likeness (QED) is 0.601. The van der Waals surface area contributed by atoms with E-state index in [-0.39, 0.29) is 23.5 Å². The van der Waals surface area contributed by atoms with E-state index in [4.69, 9.17) is 0 Å². The maximum atomic E-state index is 11.2. The highest BCUT2D eigenvalue weighted by Crippen LogP contribution is 2.35. The second-order valence-corrected chi connectivity index (χ2v) is 2.88. The van der Waals surface area contributed by atoms with Crippen LogP contribution in [0.5, 0.6) is 5.75 Å². The fourth-order valence-electron chi connectivity index (χ4n) is 1.53. The van der Waals surface area contributed by atoms with Gasteiger partial charge in [0.05, 0.1) is 11.7 Å². The zero-order valence-electron chi connectivity index (χ0n) is 6.32. The van der Waals surface area contributed by atoms with Gasteiger partial charge in [0.25, 0.3) is 0 Å². The monoisotopic (exact) mass is 164 g/mol. The number of Topliss-reactive ketones (excluding diaryl/α,β-unsaturated/α-hetero) is 1. The molecule has 0 radical (unpaired) electrons.